The van der Waals surface area contributed by atoms with E-state index in [1.165, 1.54) is 25.8 Å². The molecule has 0 N–H and O–H groups in total. The number of hydrogen-bond acceptors (Lipinski definition) is 3. The summed E-state index contributed by atoms with van der Waals surface area (Å²) in [6, 6.07) is 6.32. The van der Waals surface area contributed by atoms with Crippen LogP contribution in [-0.2, 0) is 6.42 Å². The van der Waals surface area contributed by atoms with Crippen molar-refractivity contribution in [2.75, 3.05) is 13.1 Å². The summed E-state index contributed by atoms with van der Waals surface area (Å²) in [7, 11) is 0. The molecule has 0 amide bonds. The van der Waals surface area contributed by atoms with Gasteiger partial charge in [0.15, 0.2) is 5.65 Å². The van der Waals surface area contributed by atoms with Crippen molar-refractivity contribution < 1.29 is 0 Å². The lowest BCUT2D eigenvalue weighted by atomic mass is 9.99. The fourth-order valence-electron chi connectivity index (χ4n) is 3.01. The Morgan fingerprint density at radius 2 is 2.21 bits per heavy atom. The van der Waals surface area contributed by atoms with Crippen LogP contribution in [0.5, 0.6) is 0 Å². The first-order valence-corrected chi connectivity index (χ1v) is 7.40. The van der Waals surface area contributed by atoms with Gasteiger partial charge in [-0.25, -0.2) is 0 Å². The number of aromatic nitrogens is 3. The van der Waals surface area contributed by atoms with Crippen LogP contribution >= 0.6 is 11.6 Å². The van der Waals surface area contributed by atoms with Crippen LogP contribution in [0.3, 0.4) is 0 Å². The van der Waals surface area contributed by atoms with Gasteiger partial charge >= 0.3 is 0 Å². The van der Waals surface area contributed by atoms with Gasteiger partial charge in [0.2, 0.25) is 0 Å². The quantitative estimate of drug-likeness (QED) is 0.810. The molecule has 0 saturated carbocycles. The highest BCUT2D eigenvalue weighted by molar-refractivity contribution is 6.29. The summed E-state index contributed by atoms with van der Waals surface area (Å²) in [4.78, 5) is 2.54. The first kappa shape index (κ1) is 12.9. The highest BCUT2D eigenvalue weighted by Gasteiger charge is 2.23. The molecule has 1 aliphatic rings. The highest BCUT2D eigenvalue weighted by atomic mass is 35.5. The van der Waals surface area contributed by atoms with E-state index in [1.807, 2.05) is 22.6 Å². The molecule has 3 rings (SSSR count). The molecular weight excluding hydrogens is 260 g/mol. The van der Waals surface area contributed by atoms with Crippen LogP contribution in [0.25, 0.3) is 5.65 Å². The second-order valence-electron chi connectivity index (χ2n) is 5.14. The van der Waals surface area contributed by atoms with Gasteiger partial charge in [-0.05, 0) is 38.1 Å². The van der Waals surface area contributed by atoms with Crippen LogP contribution in [0.1, 0.15) is 32.0 Å². The summed E-state index contributed by atoms with van der Waals surface area (Å²) in [6.45, 7) is 4.54. The third kappa shape index (κ3) is 2.47. The number of halogens is 1. The molecule has 0 radical (unpaired) electrons. The van der Waals surface area contributed by atoms with Crippen molar-refractivity contribution >= 4 is 17.2 Å². The molecular formula is C14H19ClN4. The molecule has 19 heavy (non-hydrogen) atoms. The Balaban J connectivity index is 1.88. The second kappa shape index (κ2) is 5.47. The van der Waals surface area contributed by atoms with Gasteiger partial charge < -0.3 is 4.90 Å². The maximum absolute atomic E-state index is 6.26. The fourth-order valence-corrected chi connectivity index (χ4v) is 3.27. The predicted molar refractivity (Wildman–Crippen MR) is 76.6 cm³/mol. The Morgan fingerprint density at radius 3 is 3.05 bits per heavy atom. The first-order chi connectivity index (χ1) is 9.29. The van der Waals surface area contributed by atoms with E-state index >= 15 is 0 Å². The summed E-state index contributed by atoms with van der Waals surface area (Å²) in [6.07, 6.45) is 4.79. The molecule has 102 valence electrons. The van der Waals surface area contributed by atoms with Gasteiger partial charge in [0, 0.05) is 12.5 Å². The zero-order valence-electron chi connectivity index (χ0n) is 11.2. The Kier molecular flexibility index (Phi) is 3.71. The molecule has 0 spiro atoms. The monoisotopic (exact) mass is 278 g/mol. The van der Waals surface area contributed by atoms with Crippen molar-refractivity contribution in [3.63, 3.8) is 0 Å². The Hall–Kier alpha value is -1.13. The zero-order chi connectivity index (χ0) is 13.2. The predicted octanol–water partition coefficient (Wildman–Crippen LogP) is 2.80. The van der Waals surface area contributed by atoms with E-state index in [2.05, 4.69) is 22.0 Å². The van der Waals surface area contributed by atoms with Gasteiger partial charge in [0.1, 0.15) is 11.0 Å². The third-order valence-electron chi connectivity index (χ3n) is 4.02. The third-order valence-corrected chi connectivity index (χ3v) is 4.32. The molecule has 0 aliphatic carbocycles. The van der Waals surface area contributed by atoms with Gasteiger partial charge in [-0.15, -0.1) is 10.2 Å². The van der Waals surface area contributed by atoms with Gasteiger partial charge in [0.25, 0.3) is 0 Å². The second-order valence-corrected chi connectivity index (χ2v) is 5.53. The average Bonchev–Trinajstić information content (AvgIpc) is 2.84. The molecule has 0 aromatic carbocycles. The summed E-state index contributed by atoms with van der Waals surface area (Å²) in [5.74, 6) is 0.978. The molecule has 0 bridgehead atoms. The number of pyridine rings is 1. The molecule has 4 nitrogen and oxygen atoms in total. The van der Waals surface area contributed by atoms with E-state index in [9.17, 15) is 0 Å². The van der Waals surface area contributed by atoms with Crippen molar-refractivity contribution in [3.05, 3.63) is 29.2 Å². The van der Waals surface area contributed by atoms with Gasteiger partial charge in [0.05, 0.1) is 0 Å². The van der Waals surface area contributed by atoms with Crippen molar-refractivity contribution in [1.29, 1.82) is 0 Å². The molecule has 5 heteroatoms. The van der Waals surface area contributed by atoms with E-state index < -0.39 is 0 Å². The maximum atomic E-state index is 6.26. The van der Waals surface area contributed by atoms with E-state index in [0.29, 0.717) is 11.2 Å². The Morgan fingerprint density at radius 1 is 1.32 bits per heavy atom. The van der Waals surface area contributed by atoms with Crippen LogP contribution in [0, 0.1) is 0 Å². The molecule has 1 aliphatic heterocycles. The first-order valence-electron chi connectivity index (χ1n) is 7.02. The Bertz CT molecular complexity index is 566. The number of nitrogens with zero attached hydrogens (tertiary/aromatic N) is 4. The summed E-state index contributed by atoms with van der Waals surface area (Å²) in [5.41, 5.74) is 0.835. The number of piperidine rings is 1. The fraction of sp³-hybridized carbons (Fsp3) is 0.571. The normalized spacial score (nSPS) is 21.1. The van der Waals surface area contributed by atoms with Crippen LogP contribution in [0.4, 0.5) is 0 Å². The lowest BCUT2D eigenvalue weighted by Gasteiger charge is -2.34. The maximum Gasteiger partial charge on any atom is 0.161 e. The largest absolute Gasteiger partial charge is 0.300 e. The summed E-state index contributed by atoms with van der Waals surface area (Å²) >= 11 is 6.26. The van der Waals surface area contributed by atoms with E-state index in [4.69, 9.17) is 11.6 Å². The van der Waals surface area contributed by atoms with Crippen molar-refractivity contribution in [2.45, 2.75) is 38.6 Å². The number of rotatable bonds is 3. The van der Waals surface area contributed by atoms with Crippen molar-refractivity contribution in [3.8, 4) is 0 Å². The molecule has 1 saturated heterocycles. The Labute approximate surface area is 118 Å². The number of fused-ring (bicyclic) bond motifs is 1. The molecule has 2 aromatic rings. The minimum atomic E-state index is 0.572. The van der Waals surface area contributed by atoms with Crippen LogP contribution in [0.15, 0.2) is 18.2 Å². The highest BCUT2D eigenvalue weighted by Crippen LogP contribution is 2.21. The molecule has 2 aromatic heterocycles. The van der Waals surface area contributed by atoms with Gasteiger partial charge in [-0.2, -0.15) is 0 Å². The average molecular weight is 279 g/mol. The van der Waals surface area contributed by atoms with E-state index in [1.54, 1.807) is 0 Å². The molecule has 1 atom stereocenters. The van der Waals surface area contributed by atoms with Crippen molar-refractivity contribution in [2.24, 2.45) is 0 Å². The minimum Gasteiger partial charge on any atom is -0.300 e. The SMILES string of the molecule is CCN1CCCCC1Cc1nnc2cccc(Cl)n12. The van der Waals surface area contributed by atoms with Gasteiger partial charge in [-0.1, -0.05) is 31.0 Å². The van der Waals surface area contributed by atoms with Crippen LogP contribution in [-0.4, -0.2) is 38.6 Å². The number of likely N-dealkylation sites (N-methyl/N-ethyl adjacent to an activating group) is 1. The number of likely N-dealkylation sites (tertiary alicyclic amines) is 1. The van der Waals surface area contributed by atoms with Gasteiger partial charge in [-0.3, -0.25) is 4.40 Å². The van der Waals surface area contributed by atoms with E-state index in [-0.39, 0.29) is 0 Å². The smallest absolute Gasteiger partial charge is 0.161 e. The standard InChI is InChI=1S/C14H19ClN4/c1-2-18-9-4-3-6-11(18)10-14-17-16-13-8-5-7-12(15)19(13)14/h5,7-8,11H,2-4,6,9-10H2,1H3. The molecule has 1 fully saturated rings. The number of hydrogen-bond donors (Lipinski definition) is 0. The van der Waals surface area contributed by atoms with E-state index in [0.717, 1.165) is 24.4 Å². The molecule has 3 heterocycles. The summed E-state index contributed by atoms with van der Waals surface area (Å²) in [5, 5.41) is 9.22. The van der Waals surface area contributed by atoms with Crippen LogP contribution < -0.4 is 0 Å². The minimum absolute atomic E-state index is 0.572. The lowest BCUT2D eigenvalue weighted by molar-refractivity contribution is 0.153. The van der Waals surface area contributed by atoms with Crippen LogP contribution in [0.2, 0.25) is 5.15 Å². The molecule has 1 unspecified atom stereocenters. The zero-order valence-corrected chi connectivity index (χ0v) is 12.0. The topological polar surface area (TPSA) is 33.4 Å². The lowest BCUT2D eigenvalue weighted by Crippen LogP contribution is -2.40. The summed E-state index contributed by atoms with van der Waals surface area (Å²) < 4.78 is 1.96. The van der Waals surface area contributed by atoms with Crippen molar-refractivity contribution in [1.82, 2.24) is 19.5 Å².